The van der Waals surface area contributed by atoms with E-state index in [0.29, 0.717) is 23.7 Å². The number of hydrogen-bond acceptors (Lipinski definition) is 6. The summed E-state index contributed by atoms with van der Waals surface area (Å²) in [6.07, 6.45) is 1.20. The van der Waals surface area contributed by atoms with Gasteiger partial charge in [0.2, 0.25) is 0 Å². The molecule has 0 saturated carbocycles. The highest BCUT2D eigenvalue weighted by molar-refractivity contribution is 7.99. The van der Waals surface area contributed by atoms with Gasteiger partial charge in [0, 0.05) is 18.2 Å². The second-order valence-corrected chi connectivity index (χ2v) is 8.63. The zero-order valence-electron chi connectivity index (χ0n) is 16.2. The lowest BCUT2D eigenvalue weighted by Crippen LogP contribution is -2.28. The molecule has 3 heterocycles. The van der Waals surface area contributed by atoms with Crippen LogP contribution in [0.3, 0.4) is 0 Å². The SMILES string of the molecule is CCc1cc(=O)[nH]c(SCC(=O)N2N=C(c3cccs3)C[C@H]2c2ccc(F)cc2)n1. The number of aromatic amines is 1. The molecule has 6 nitrogen and oxygen atoms in total. The van der Waals surface area contributed by atoms with Gasteiger partial charge in [0.1, 0.15) is 5.82 Å². The van der Waals surface area contributed by atoms with Crippen LogP contribution in [0.25, 0.3) is 0 Å². The molecule has 0 spiro atoms. The van der Waals surface area contributed by atoms with Gasteiger partial charge in [-0.15, -0.1) is 11.3 Å². The Morgan fingerprint density at radius 2 is 2.13 bits per heavy atom. The van der Waals surface area contributed by atoms with Gasteiger partial charge in [-0.3, -0.25) is 9.59 Å². The number of hydrogen-bond donors (Lipinski definition) is 1. The van der Waals surface area contributed by atoms with Crippen molar-refractivity contribution in [2.45, 2.75) is 31.0 Å². The van der Waals surface area contributed by atoms with Crippen LogP contribution in [-0.4, -0.2) is 32.3 Å². The third-order valence-corrected chi connectivity index (χ3v) is 6.47. The van der Waals surface area contributed by atoms with Gasteiger partial charge in [0.15, 0.2) is 5.16 Å². The molecule has 4 rings (SSSR count). The van der Waals surface area contributed by atoms with Crippen molar-refractivity contribution in [3.63, 3.8) is 0 Å². The summed E-state index contributed by atoms with van der Waals surface area (Å²) in [6.45, 7) is 1.92. The normalized spacial score (nSPS) is 16.0. The largest absolute Gasteiger partial charge is 0.301 e. The number of nitrogens with zero attached hydrogens (tertiary/aromatic N) is 3. The molecule has 30 heavy (non-hydrogen) atoms. The zero-order valence-corrected chi connectivity index (χ0v) is 17.8. The molecule has 1 aliphatic heterocycles. The van der Waals surface area contributed by atoms with Crippen LogP contribution in [0.15, 0.2) is 62.9 Å². The molecule has 9 heteroatoms. The van der Waals surface area contributed by atoms with E-state index in [-0.39, 0.29) is 29.1 Å². The van der Waals surface area contributed by atoms with Crippen LogP contribution >= 0.6 is 23.1 Å². The lowest BCUT2D eigenvalue weighted by Gasteiger charge is -2.22. The standard InChI is InChI=1S/C21H19FN4O2S2/c1-2-15-10-19(27)24-21(23-15)30-12-20(28)26-17(13-5-7-14(22)8-6-13)11-16(25-26)18-4-3-9-29-18/h3-10,17H,2,11-12H2,1H3,(H,23,24,27)/t17-/m0/s1. The number of carbonyl (C=O) groups is 1. The molecule has 1 amide bonds. The summed E-state index contributed by atoms with van der Waals surface area (Å²) in [4.78, 5) is 32.8. The summed E-state index contributed by atoms with van der Waals surface area (Å²) < 4.78 is 13.4. The minimum absolute atomic E-state index is 0.0784. The topological polar surface area (TPSA) is 78.4 Å². The van der Waals surface area contributed by atoms with Gasteiger partial charge in [0.25, 0.3) is 11.5 Å². The molecule has 1 atom stereocenters. The number of halogens is 1. The summed E-state index contributed by atoms with van der Waals surface area (Å²) in [5.41, 5.74) is 2.10. The average Bonchev–Trinajstić information content (AvgIpc) is 3.42. The van der Waals surface area contributed by atoms with E-state index in [1.54, 1.807) is 23.5 Å². The zero-order chi connectivity index (χ0) is 21.1. The molecule has 2 aromatic heterocycles. The first-order chi connectivity index (χ1) is 14.5. The summed E-state index contributed by atoms with van der Waals surface area (Å²) in [5, 5.41) is 8.43. The van der Waals surface area contributed by atoms with E-state index in [0.717, 1.165) is 16.2 Å². The van der Waals surface area contributed by atoms with Gasteiger partial charge in [-0.1, -0.05) is 36.9 Å². The predicted octanol–water partition coefficient (Wildman–Crippen LogP) is 4.00. The highest BCUT2D eigenvalue weighted by atomic mass is 32.2. The molecule has 154 valence electrons. The fourth-order valence-electron chi connectivity index (χ4n) is 3.21. The number of hydrazone groups is 1. The second-order valence-electron chi connectivity index (χ2n) is 6.72. The van der Waals surface area contributed by atoms with E-state index in [1.165, 1.54) is 35.0 Å². The first-order valence-electron chi connectivity index (χ1n) is 9.45. The highest BCUT2D eigenvalue weighted by Gasteiger charge is 2.33. The van der Waals surface area contributed by atoms with E-state index < -0.39 is 0 Å². The maximum Gasteiger partial charge on any atom is 0.253 e. The molecule has 0 aliphatic carbocycles. The smallest absolute Gasteiger partial charge is 0.253 e. The van der Waals surface area contributed by atoms with E-state index in [9.17, 15) is 14.0 Å². The van der Waals surface area contributed by atoms with Crippen molar-refractivity contribution in [3.05, 3.63) is 80.2 Å². The Labute approximate surface area is 180 Å². The number of benzene rings is 1. The van der Waals surface area contributed by atoms with Crippen LogP contribution in [-0.2, 0) is 11.2 Å². The highest BCUT2D eigenvalue weighted by Crippen LogP contribution is 2.34. The Hall–Kier alpha value is -2.78. The van der Waals surface area contributed by atoms with Gasteiger partial charge in [-0.2, -0.15) is 5.10 Å². The summed E-state index contributed by atoms with van der Waals surface area (Å²) in [6, 6.07) is 11.2. The molecule has 1 aromatic carbocycles. The molecule has 0 fully saturated rings. The van der Waals surface area contributed by atoms with Crippen LogP contribution in [0.4, 0.5) is 4.39 Å². The van der Waals surface area contributed by atoms with Crippen molar-refractivity contribution in [1.29, 1.82) is 0 Å². The van der Waals surface area contributed by atoms with Crippen LogP contribution in [0.2, 0.25) is 0 Å². The maximum absolute atomic E-state index is 13.4. The number of rotatable bonds is 6. The molecule has 0 bridgehead atoms. The molecule has 0 saturated heterocycles. The molecule has 0 radical (unpaired) electrons. The Balaban J connectivity index is 1.56. The van der Waals surface area contributed by atoms with Crippen molar-refractivity contribution < 1.29 is 9.18 Å². The maximum atomic E-state index is 13.4. The number of amides is 1. The number of thioether (sulfide) groups is 1. The summed E-state index contributed by atoms with van der Waals surface area (Å²) in [5.74, 6) is -0.449. The number of carbonyl (C=O) groups excluding carboxylic acids is 1. The van der Waals surface area contributed by atoms with Crippen molar-refractivity contribution in [1.82, 2.24) is 15.0 Å². The van der Waals surface area contributed by atoms with Gasteiger partial charge >= 0.3 is 0 Å². The Morgan fingerprint density at radius 3 is 2.83 bits per heavy atom. The fourth-order valence-corrected chi connectivity index (χ4v) is 4.67. The van der Waals surface area contributed by atoms with Crippen molar-refractivity contribution in [3.8, 4) is 0 Å². The third-order valence-electron chi connectivity index (χ3n) is 4.69. The van der Waals surface area contributed by atoms with Gasteiger partial charge in [-0.05, 0) is 35.6 Å². The minimum atomic E-state index is -0.324. The monoisotopic (exact) mass is 442 g/mol. The summed E-state index contributed by atoms with van der Waals surface area (Å²) in [7, 11) is 0. The lowest BCUT2D eigenvalue weighted by molar-refractivity contribution is -0.130. The third kappa shape index (κ3) is 4.52. The van der Waals surface area contributed by atoms with Crippen LogP contribution in [0, 0.1) is 5.82 Å². The number of aromatic nitrogens is 2. The molecule has 1 aliphatic rings. The van der Waals surface area contributed by atoms with Gasteiger partial charge in [0.05, 0.1) is 22.4 Å². The number of aryl methyl sites for hydroxylation is 1. The number of thiophene rings is 1. The van der Waals surface area contributed by atoms with Gasteiger partial charge in [-0.25, -0.2) is 14.4 Å². The predicted molar refractivity (Wildman–Crippen MR) is 116 cm³/mol. The van der Waals surface area contributed by atoms with Crippen LogP contribution in [0.1, 0.15) is 35.5 Å². The fraction of sp³-hybridized carbons (Fsp3) is 0.238. The Bertz CT molecular complexity index is 1130. The van der Waals surface area contributed by atoms with Crippen molar-refractivity contribution >= 4 is 34.7 Å². The molecular formula is C21H19FN4O2S2. The van der Waals surface area contributed by atoms with E-state index in [2.05, 4.69) is 15.1 Å². The first kappa shape index (κ1) is 20.5. The van der Waals surface area contributed by atoms with Crippen LogP contribution < -0.4 is 5.56 Å². The lowest BCUT2D eigenvalue weighted by atomic mass is 10.0. The molecule has 1 N–H and O–H groups in total. The Kier molecular flexibility index (Phi) is 6.10. The van der Waals surface area contributed by atoms with Crippen LogP contribution in [0.5, 0.6) is 0 Å². The van der Waals surface area contributed by atoms with Crippen molar-refractivity contribution in [2.75, 3.05) is 5.75 Å². The number of H-pyrrole nitrogens is 1. The quantitative estimate of drug-likeness (QED) is 0.462. The van der Waals surface area contributed by atoms with E-state index in [4.69, 9.17) is 0 Å². The first-order valence-corrected chi connectivity index (χ1v) is 11.3. The average molecular weight is 443 g/mol. The van der Waals surface area contributed by atoms with E-state index >= 15 is 0 Å². The molecule has 3 aromatic rings. The molecule has 0 unspecified atom stereocenters. The van der Waals surface area contributed by atoms with E-state index in [1.807, 2.05) is 24.4 Å². The van der Waals surface area contributed by atoms with Crippen molar-refractivity contribution in [2.24, 2.45) is 5.10 Å². The summed E-state index contributed by atoms with van der Waals surface area (Å²) >= 11 is 2.74. The second kappa shape index (κ2) is 8.93. The Morgan fingerprint density at radius 1 is 1.33 bits per heavy atom. The van der Waals surface area contributed by atoms with Gasteiger partial charge < -0.3 is 4.98 Å². The minimum Gasteiger partial charge on any atom is -0.301 e. The molecular weight excluding hydrogens is 423 g/mol. The number of nitrogens with one attached hydrogen (secondary N) is 1.